The van der Waals surface area contributed by atoms with Crippen LogP contribution in [0.4, 0.5) is 8.78 Å². The summed E-state index contributed by atoms with van der Waals surface area (Å²) in [6, 6.07) is 7.57. The normalized spacial score (nSPS) is 11.2. The van der Waals surface area contributed by atoms with E-state index in [1.165, 1.54) is 6.07 Å². The quantitative estimate of drug-likeness (QED) is 0.699. The second-order valence-electron chi connectivity index (χ2n) is 4.30. The molecule has 0 radical (unpaired) electrons. The third-order valence-electron chi connectivity index (χ3n) is 2.97. The Hall–Kier alpha value is -1.94. The molecule has 5 heteroatoms. The number of aryl methyl sites for hydroxylation is 1. The molecule has 2 aromatic carbocycles. The lowest BCUT2D eigenvalue weighted by atomic mass is 10.1. The molecule has 1 N–H and O–H groups in total. The SMILES string of the molecule is Cc1cc(-c2nc3c(Cl)cccc3[nH]2)c(F)cc1F. The molecule has 0 unspecified atom stereocenters. The Morgan fingerprint density at radius 2 is 1.95 bits per heavy atom. The van der Waals surface area contributed by atoms with Crippen molar-refractivity contribution in [3.63, 3.8) is 0 Å². The lowest BCUT2D eigenvalue weighted by molar-refractivity contribution is 0.579. The van der Waals surface area contributed by atoms with Crippen LogP contribution >= 0.6 is 11.6 Å². The van der Waals surface area contributed by atoms with Crippen molar-refractivity contribution in [2.24, 2.45) is 0 Å². The van der Waals surface area contributed by atoms with Gasteiger partial charge >= 0.3 is 0 Å². The summed E-state index contributed by atoms with van der Waals surface area (Å²) in [6.45, 7) is 1.58. The summed E-state index contributed by atoms with van der Waals surface area (Å²) in [6.07, 6.45) is 0. The number of nitrogens with zero attached hydrogens (tertiary/aromatic N) is 1. The van der Waals surface area contributed by atoms with Crippen LogP contribution in [0.25, 0.3) is 22.4 Å². The van der Waals surface area contributed by atoms with E-state index in [0.29, 0.717) is 27.4 Å². The van der Waals surface area contributed by atoms with Gasteiger partial charge in [-0.2, -0.15) is 0 Å². The minimum atomic E-state index is -0.654. The fraction of sp³-hybridized carbons (Fsp3) is 0.0714. The number of hydrogen-bond acceptors (Lipinski definition) is 1. The second-order valence-corrected chi connectivity index (χ2v) is 4.71. The number of hydrogen-bond donors (Lipinski definition) is 1. The standard InChI is InChI=1S/C14H9ClF2N2/c1-7-5-8(11(17)6-10(7)16)14-18-12-4-2-3-9(15)13(12)19-14/h2-6H,1H3,(H,18,19). The number of aromatic amines is 1. The van der Waals surface area contributed by atoms with E-state index in [-0.39, 0.29) is 5.56 Å². The predicted molar refractivity (Wildman–Crippen MR) is 71.2 cm³/mol. The first-order valence-electron chi connectivity index (χ1n) is 5.66. The summed E-state index contributed by atoms with van der Waals surface area (Å²) in [7, 11) is 0. The summed E-state index contributed by atoms with van der Waals surface area (Å²) in [5.74, 6) is -0.891. The Morgan fingerprint density at radius 1 is 1.16 bits per heavy atom. The molecule has 2 nitrogen and oxygen atoms in total. The highest BCUT2D eigenvalue weighted by Crippen LogP contribution is 2.28. The zero-order chi connectivity index (χ0) is 13.6. The minimum Gasteiger partial charge on any atom is -0.338 e. The Morgan fingerprint density at radius 3 is 2.68 bits per heavy atom. The lowest BCUT2D eigenvalue weighted by Crippen LogP contribution is -1.91. The number of rotatable bonds is 1. The van der Waals surface area contributed by atoms with Gasteiger partial charge in [-0.05, 0) is 30.7 Å². The zero-order valence-electron chi connectivity index (χ0n) is 9.97. The van der Waals surface area contributed by atoms with E-state index >= 15 is 0 Å². The maximum absolute atomic E-state index is 13.8. The van der Waals surface area contributed by atoms with Gasteiger partial charge in [-0.25, -0.2) is 13.8 Å². The first-order valence-corrected chi connectivity index (χ1v) is 6.04. The minimum absolute atomic E-state index is 0.228. The van der Waals surface area contributed by atoms with Gasteiger partial charge in [0.1, 0.15) is 23.0 Å². The number of nitrogens with one attached hydrogen (secondary N) is 1. The van der Waals surface area contributed by atoms with Crippen molar-refractivity contribution in [1.82, 2.24) is 9.97 Å². The van der Waals surface area contributed by atoms with Gasteiger partial charge in [0.2, 0.25) is 0 Å². The van der Waals surface area contributed by atoms with Crippen molar-refractivity contribution in [2.75, 3.05) is 0 Å². The van der Waals surface area contributed by atoms with Crippen LogP contribution in [0.3, 0.4) is 0 Å². The van der Waals surface area contributed by atoms with E-state index in [0.717, 1.165) is 6.07 Å². The highest BCUT2D eigenvalue weighted by atomic mass is 35.5. The van der Waals surface area contributed by atoms with Crippen molar-refractivity contribution in [1.29, 1.82) is 0 Å². The fourth-order valence-electron chi connectivity index (χ4n) is 1.96. The molecule has 0 saturated carbocycles. The van der Waals surface area contributed by atoms with Crippen molar-refractivity contribution >= 4 is 22.6 Å². The molecule has 19 heavy (non-hydrogen) atoms. The number of benzene rings is 2. The lowest BCUT2D eigenvalue weighted by Gasteiger charge is -2.02. The van der Waals surface area contributed by atoms with Crippen LogP contribution in [0.2, 0.25) is 5.02 Å². The summed E-state index contributed by atoms with van der Waals surface area (Å²) < 4.78 is 27.1. The molecule has 0 atom stereocenters. The van der Waals surface area contributed by atoms with Crippen LogP contribution in [0, 0.1) is 18.6 Å². The molecular formula is C14H9ClF2N2. The number of aromatic nitrogens is 2. The zero-order valence-corrected chi connectivity index (χ0v) is 10.7. The van der Waals surface area contributed by atoms with Crippen LogP contribution < -0.4 is 0 Å². The van der Waals surface area contributed by atoms with Crippen LogP contribution in [-0.4, -0.2) is 9.97 Å². The molecular weight excluding hydrogens is 270 g/mol. The van der Waals surface area contributed by atoms with Gasteiger partial charge in [-0.1, -0.05) is 17.7 Å². The highest BCUT2D eigenvalue weighted by Gasteiger charge is 2.14. The van der Waals surface area contributed by atoms with Crippen LogP contribution in [0.1, 0.15) is 5.56 Å². The molecule has 0 aliphatic carbocycles. The van der Waals surface area contributed by atoms with E-state index < -0.39 is 11.6 Å². The first kappa shape index (κ1) is 12.1. The van der Waals surface area contributed by atoms with Gasteiger partial charge in [0, 0.05) is 6.07 Å². The van der Waals surface area contributed by atoms with Crippen molar-refractivity contribution in [2.45, 2.75) is 6.92 Å². The van der Waals surface area contributed by atoms with E-state index in [9.17, 15) is 8.78 Å². The molecule has 0 saturated heterocycles. The topological polar surface area (TPSA) is 28.7 Å². The first-order chi connectivity index (χ1) is 9.06. The Labute approximate surface area is 113 Å². The summed E-state index contributed by atoms with van der Waals surface area (Å²) in [4.78, 5) is 7.25. The maximum atomic E-state index is 13.8. The second kappa shape index (κ2) is 4.31. The van der Waals surface area contributed by atoms with Crippen molar-refractivity contribution in [3.8, 4) is 11.4 Å². The number of para-hydroxylation sites is 1. The summed E-state index contributed by atoms with van der Waals surface area (Å²) in [5, 5.41) is 0.485. The molecule has 96 valence electrons. The Kier molecular flexibility index (Phi) is 2.75. The molecule has 0 aliphatic rings. The number of H-pyrrole nitrogens is 1. The largest absolute Gasteiger partial charge is 0.338 e. The summed E-state index contributed by atoms with van der Waals surface area (Å²) in [5.41, 5.74) is 1.87. The third kappa shape index (κ3) is 1.98. The molecule has 1 aromatic heterocycles. The molecule has 1 heterocycles. The molecule has 0 spiro atoms. The third-order valence-corrected chi connectivity index (χ3v) is 3.27. The molecule has 0 aliphatic heterocycles. The van der Waals surface area contributed by atoms with E-state index in [2.05, 4.69) is 9.97 Å². The smallest absolute Gasteiger partial charge is 0.141 e. The van der Waals surface area contributed by atoms with Crippen LogP contribution in [0.15, 0.2) is 30.3 Å². The van der Waals surface area contributed by atoms with E-state index in [1.54, 1.807) is 25.1 Å². The molecule has 3 aromatic rings. The maximum Gasteiger partial charge on any atom is 0.141 e. The summed E-state index contributed by atoms with van der Waals surface area (Å²) >= 11 is 6.02. The average Bonchev–Trinajstić information content (AvgIpc) is 2.79. The Balaban J connectivity index is 2.25. The van der Waals surface area contributed by atoms with Crippen molar-refractivity contribution in [3.05, 3.63) is 52.6 Å². The predicted octanol–water partition coefficient (Wildman–Crippen LogP) is 4.47. The molecule has 3 rings (SSSR count). The fourth-order valence-corrected chi connectivity index (χ4v) is 2.18. The molecule has 0 amide bonds. The van der Waals surface area contributed by atoms with E-state index in [4.69, 9.17) is 11.6 Å². The Bertz CT molecular complexity index is 780. The number of halogens is 3. The number of fused-ring (bicyclic) bond motifs is 1. The highest BCUT2D eigenvalue weighted by molar-refractivity contribution is 6.34. The van der Waals surface area contributed by atoms with Gasteiger partial charge in [0.15, 0.2) is 0 Å². The number of imidazole rings is 1. The molecule has 0 bridgehead atoms. The van der Waals surface area contributed by atoms with Gasteiger partial charge in [0.25, 0.3) is 0 Å². The van der Waals surface area contributed by atoms with Crippen LogP contribution in [-0.2, 0) is 0 Å². The monoisotopic (exact) mass is 278 g/mol. The van der Waals surface area contributed by atoms with Gasteiger partial charge in [0.05, 0.1) is 16.1 Å². The van der Waals surface area contributed by atoms with Crippen LogP contribution in [0.5, 0.6) is 0 Å². The van der Waals surface area contributed by atoms with Crippen molar-refractivity contribution < 1.29 is 8.78 Å². The van der Waals surface area contributed by atoms with Gasteiger partial charge in [-0.15, -0.1) is 0 Å². The average molecular weight is 279 g/mol. The molecule has 0 fully saturated rings. The van der Waals surface area contributed by atoms with Gasteiger partial charge < -0.3 is 4.98 Å². The van der Waals surface area contributed by atoms with Gasteiger partial charge in [-0.3, -0.25) is 0 Å². The van der Waals surface area contributed by atoms with E-state index in [1.807, 2.05) is 0 Å².